The highest BCUT2D eigenvalue weighted by Crippen LogP contribution is 2.30. The Morgan fingerprint density at radius 3 is 2.90 bits per heavy atom. The molecule has 0 aliphatic carbocycles. The highest BCUT2D eigenvalue weighted by molar-refractivity contribution is 6.00. The first-order valence-electron chi connectivity index (χ1n) is 6.13. The first-order chi connectivity index (χ1) is 9.83. The summed E-state index contributed by atoms with van der Waals surface area (Å²) in [6.45, 7) is 0. The number of imidazole rings is 1. The lowest BCUT2D eigenvalue weighted by atomic mass is 10.0. The lowest BCUT2D eigenvalue weighted by Crippen LogP contribution is -1.98. The highest BCUT2D eigenvalue weighted by atomic mass is 15.1. The summed E-state index contributed by atoms with van der Waals surface area (Å²) >= 11 is 0. The Morgan fingerprint density at radius 1 is 1.00 bits per heavy atom. The van der Waals surface area contributed by atoms with Gasteiger partial charge >= 0.3 is 0 Å². The van der Waals surface area contributed by atoms with Crippen LogP contribution in [0.25, 0.3) is 33.3 Å². The summed E-state index contributed by atoms with van der Waals surface area (Å²) in [5.74, 6) is 0.209. The molecule has 3 heterocycles. The Kier molecular flexibility index (Phi) is 2.17. The third kappa shape index (κ3) is 1.51. The maximum atomic E-state index is 5.77. The van der Waals surface area contributed by atoms with Crippen LogP contribution in [0.1, 0.15) is 0 Å². The fourth-order valence-electron chi connectivity index (χ4n) is 2.35. The zero-order chi connectivity index (χ0) is 13.5. The predicted octanol–water partition coefficient (Wildman–Crippen LogP) is 2.15. The average molecular weight is 262 g/mol. The van der Waals surface area contributed by atoms with Gasteiger partial charge in [-0.25, -0.2) is 9.97 Å². The van der Waals surface area contributed by atoms with Gasteiger partial charge in [0, 0.05) is 17.1 Å². The number of hydrogen-bond donors (Lipinski definition) is 2. The van der Waals surface area contributed by atoms with Crippen molar-refractivity contribution < 1.29 is 0 Å². The fraction of sp³-hybridized carbons (Fsp3) is 0. The van der Waals surface area contributed by atoms with Gasteiger partial charge in [0.25, 0.3) is 0 Å². The molecule has 6 nitrogen and oxygen atoms in total. The van der Waals surface area contributed by atoms with Crippen LogP contribution in [0.15, 0.2) is 42.9 Å². The van der Waals surface area contributed by atoms with E-state index in [9.17, 15) is 0 Å². The SMILES string of the molecule is Nc1nc(-c2cccc3ncccc23)c2[nH]cnc2n1. The third-order valence-corrected chi connectivity index (χ3v) is 3.20. The minimum absolute atomic E-state index is 0.209. The molecule has 4 aromatic rings. The maximum absolute atomic E-state index is 5.77. The van der Waals surface area contributed by atoms with Crippen LogP contribution in [0.4, 0.5) is 5.95 Å². The van der Waals surface area contributed by atoms with Crippen molar-refractivity contribution in [1.82, 2.24) is 24.9 Å². The monoisotopic (exact) mass is 262 g/mol. The molecule has 0 spiro atoms. The third-order valence-electron chi connectivity index (χ3n) is 3.20. The molecule has 3 aromatic heterocycles. The second kappa shape index (κ2) is 3.99. The van der Waals surface area contributed by atoms with Crippen LogP contribution in [0, 0.1) is 0 Å². The Labute approximate surface area is 113 Å². The minimum Gasteiger partial charge on any atom is -0.368 e. The molecule has 0 unspecified atom stereocenters. The molecule has 0 aliphatic rings. The largest absolute Gasteiger partial charge is 0.368 e. The molecule has 0 radical (unpaired) electrons. The number of aromatic nitrogens is 5. The average Bonchev–Trinajstić information content (AvgIpc) is 2.94. The number of nitrogen functional groups attached to an aromatic ring is 1. The number of nitrogens with zero attached hydrogens (tertiary/aromatic N) is 4. The number of benzene rings is 1. The molecule has 4 rings (SSSR count). The summed E-state index contributed by atoms with van der Waals surface area (Å²) in [5.41, 5.74) is 9.72. The molecule has 96 valence electrons. The van der Waals surface area contributed by atoms with E-state index >= 15 is 0 Å². The zero-order valence-electron chi connectivity index (χ0n) is 10.4. The van der Waals surface area contributed by atoms with E-state index in [0.29, 0.717) is 5.65 Å². The second-order valence-electron chi connectivity index (χ2n) is 4.41. The van der Waals surface area contributed by atoms with E-state index in [-0.39, 0.29) is 5.95 Å². The molecule has 0 saturated carbocycles. The van der Waals surface area contributed by atoms with Crippen molar-refractivity contribution in [2.45, 2.75) is 0 Å². The Morgan fingerprint density at radius 2 is 1.95 bits per heavy atom. The summed E-state index contributed by atoms with van der Waals surface area (Å²) in [7, 11) is 0. The van der Waals surface area contributed by atoms with E-state index in [0.717, 1.165) is 27.7 Å². The number of hydrogen-bond acceptors (Lipinski definition) is 5. The molecule has 0 atom stereocenters. The van der Waals surface area contributed by atoms with Crippen molar-refractivity contribution >= 4 is 28.0 Å². The van der Waals surface area contributed by atoms with Gasteiger partial charge in [-0.2, -0.15) is 4.98 Å². The number of rotatable bonds is 1. The Balaban J connectivity index is 2.14. The van der Waals surface area contributed by atoms with Gasteiger partial charge in [0.15, 0.2) is 5.65 Å². The number of fused-ring (bicyclic) bond motifs is 2. The Bertz CT molecular complexity index is 922. The highest BCUT2D eigenvalue weighted by Gasteiger charge is 2.13. The molecular formula is C14H10N6. The van der Waals surface area contributed by atoms with E-state index in [4.69, 9.17) is 5.73 Å². The van der Waals surface area contributed by atoms with Gasteiger partial charge in [-0.05, 0) is 12.1 Å². The summed E-state index contributed by atoms with van der Waals surface area (Å²) < 4.78 is 0. The van der Waals surface area contributed by atoms with Gasteiger partial charge in [0.05, 0.1) is 11.8 Å². The molecule has 0 aliphatic heterocycles. The smallest absolute Gasteiger partial charge is 0.222 e. The molecule has 0 fully saturated rings. The van der Waals surface area contributed by atoms with Crippen molar-refractivity contribution in [1.29, 1.82) is 0 Å². The number of anilines is 1. The van der Waals surface area contributed by atoms with Crippen LogP contribution in [-0.4, -0.2) is 24.9 Å². The number of nitrogens with two attached hydrogens (primary N) is 1. The number of pyridine rings is 1. The van der Waals surface area contributed by atoms with Crippen LogP contribution in [0.5, 0.6) is 0 Å². The standard InChI is InChI=1S/C14H10N6/c15-14-19-11(12-13(20-14)18-7-17-12)9-3-1-5-10-8(9)4-2-6-16-10/h1-7H,(H3,15,17,18,19,20). The van der Waals surface area contributed by atoms with Crippen LogP contribution in [-0.2, 0) is 0 Å². The quantitative estimate of drug-likeness (QED) is 0.548. The molecule has 20 heavy (non-hydrogen) atoms. The van der Waals surface area contributed by atoms with Gasteiger partial charge in [0.2, 0.25) is 5.95 Å². The van der Waals surface area contributed by atoms with Crippen molar-refractivity contribution in [3.63, 3.8) is 0 Å². The molecule has 3 N–H and O–H groups in total. The first kappa shape index (κ1) is 10.9. The minimum atomic E-state index is 0.209. The molecule has 0 saturated heterocycles. The van der Waals surface area contributed by atoms with Gasteiger partial charge in [-0.3, -0.25) is 4.98 Å². The summed E-state index contributed by atoms with van der Waals surface area (Å²) in [5, 5.41) is 1.02. The topological polar surface area (TPSA) is 93.4 Å². The van der Waals surface area contributed by atoms with Crippen molar-refractivity contribution in [2.24, 2.45) is 0 Å². The number of nitrogens with one attached hydrogen (secondary N) is 1. The van der Waals surface area contributed by atoms with Crippen LogP contribution >= 0.6 is 0 Å². The summed E-state index contributed by atoms with van der Waals surface area (Å²) in [6, 6.07) is 9.82. The molecule has 1 aromatic carbocycles. The van der Waals surface area contributed by atoms with Crippen LogP contribution in [0.3, 0.4) is 0 Å². The Hall–Kier alpha value is -3.02. The van der Waals surface area contributed by atoms with E-state index in [2.05, 4.69) is 24.9 Å². The lowest BCUT2D eigenvalue weighted by Gasteiger charge is -2.06. The summed E-state index contributed by atoms with van der Waals surface area (Å²) in [6.07, 6.45) is 3.36. The van der Waals surface area contributed by atoms with Gasteiger partial charge < -0.3 is 10.7 Å². The van der Waals surface area contributed by atoms with E-state index in [1.165, 1.54) is 0 Å². The zero-order valence-corrected chi connectivity index (χ0v) is 10.4. The lowest BCUT2D eigenvalue weighted by molar-refractivity contribution is 1.22. The molecular weight excluding hydrogens is 252 g/mol. The second-order valence-corrected chi connectivity index (χ2v) is 4.41. The van der Waals surface area contributed by atoms with Crippen LogP contribution in [0.2, 0.25) is 0 Å². The predicted molar refractivity (Wildman–Crippen MR) is 76.8 cm³/mol. The van der Waals surface area contributed by atoms with Gasteiger partial charge in [0.1, 0.15) is 11.2 Å². The van der Waals surface area contributed by atoms with Crippen LogP contribution < -0.4 is 5.73 Å². The molecule has 0 bridgehead atoms. The first-order valence-corrected chi connectivity index (χ1v) is 6.13. The fourth-order valence-corrected chi connectivity index (χ4v) is 2.35. The van der Waals surface area contributed by atoms with Crippen molar-refractivity contribution in [3.8, 4) is 11.3 Å². The summed E-state index contributed by atoms with van der Waals surface area (Å²) in [4.78, 5) is 20.0. The van der Waals surface area contributed by atoms with Gasteiger partial charge in [-0.15, -0.1) is 0 Å². The van der Waals surface area contributed by atoms with Crippen molar-refractivity contribution in [2.75, 3.05) is 5.73 Å². The molecule has 0 amide bonds. The van der Waals surface area contributed by atoms with E-state index in [1.807, 2.05) is 30.3 Å². The number of H-pyrrole nitrogens is 1. The maximum Gasteiger partial charge on any atom is 0.222 e. The van der Waals surface area contributed by atoms with E-state index in [1.54, 1.807) is 12.5 Å². The van der Waals surface area contributed by atoms with Gasteiger partial charge in [-0.1, -0.05) is 18.2 Å². The molecule has 6 heteroatoms. The normalized spacial score (nSPS) is 11.2. The number of aromatic amines is 1. The van der Waals surface area contributed by atoms with Crippen molar-refractivity contribution in [3.05, 3.63) is 42.9 Å². The van der Waals surface area contributed by atoms with E-state index < -0.39 is 0 Å².